The molecule has 0 saturated carbocycles. The van der Waals surface area contributed by atoms with E-state index in [1.54, 1.807) is 28.5 Å². The van der Waals surface area contributed by atoms with Crippen LogP contribution in [0.15, 0.2) is 36.9 Å². The van der Waals surface area contributed by atoms with Gasteiger partial charge in [0.25, 0.3) is 0 Å². The van der Waals surface area contributed by atoms with Gasteiger partial charge in [-0.25, -0.2) is 14.0 Å². The number of aromatic nitrogens is 4. The fourth-order valence-electron chi connectivity index (χ4n) is 3.07. The number of rotatable bonds is 4. The Kier molecular flexibility index (Phi) is 4.31. The van der Waals surface area contributed by atoms with Gasteiger partial charge in [-0.3, -0.25) is 0 Å². The summed E-state index contributed by atoms with van der Waals surface area (Å²) in [5.74, 6) is -0.392. The maximum atomic E-state index is 11.9. The van der Waals surface area contributed by atoms with Crippen molar-refractivity contribution in [1.29, 1.82) is 0 Å². The van der Waals surface area contributed by atoms with Gasteiger partial charge >= 0.3 is 13.1 Å². The fourth-order valence-corrected chi connectivity index (χ4v) is 3.07. The summed E-state index contributed by atoms with van der Waals surface area (Å²) in [5, 5.41) is 8.68. The van der Waals surface area contributed by atoms with Crippen LogP contribution >= 0.6 is 0 Å². The van der Waals surface area contributed by atoms with Crippen molar-refractivity contribution in [1.82, 2.24) is 19.4 Å². The monoisotopic (exact) mass is 382 g/mol. The van der Waals surface area contributed by atoms with Gasteiger partial charge in [0.15, 0.2) is 0 Å². The Labute approximate surface area is 163 Å². The molecule has 4 heterocycles. The lowest BCUT2D eigenvalue weighted by molar-refractivity contribution is 0.00578. The van der Waals surface area contributed by atoms with Crippen molar-refractivity contribution in [3.8, 4) is 5.69 Å². The minimum absolute atomic E-state index is 0.323. The van der Waals surface area contributed by atoms with E-state index >= 15 is 0 Å². The number of ether oxygens (including phenoxy) is 1. The fraction of sp³-hybridized carbons (Fsp3) is 0.421. The summed E-state index contributed by atoms with van der Waals surface area (Å²) < 4.78 is 20.7. The molecule has 0 N–H and O–H groups in total. The molecular formula is C19H23BN4O4. The van der Waals surface area contributed by atoms with E-state index in [4.69, 9.17) is 14.0 Å². The van der Waals surface area contributed by atoms with Crippen molar-refractivity contribution in [3.05, 3.63) is 42.5 Å². The normalized spacial score (nSPS) is 18.0. The summed E-state index contributed by atoms with van der Waals surface area (Å²) in [6.07, 6.45) is 6.74. The summed E-state index contributed by atoms with van der Waals surface area (Å²) in [6, 6.07) is 3.81. The number of esters is 1. The van der Waals surface area contributed by atoms with Gasteiger partial charge in [0.05, 0.1) is 40.8 Å². The van der Waals surface area contributed by atoms with Crippen LogP contribution in [0.3, 0.4) is 0 Å². The molecule has 0 radical (unpaired) electrons. The van der Waals surface area contributed by atoms with E-state index in [2.05, 4.69) is 10.2 Å². The molecule has 28 heavy (non-hydrogen) atoms. The predicted molar refractivity (Wildman–Crippen MR) is 104 cm³/mol. The SMILES string of the molecule is CCOC(=O)c1cnn(-c2ccn3ncc(B4OC(C)(C)C(C)(C)O4)c3c2)c1. The lowest BCUT2D eigenvalue weighted by Crippen LogP contribution is -2.41. The molecule has 1 fully saturated rings. The zero-order chi connectivity index (χ0) is 20.1. The first kappa shape index (κ1) is 18.7. The molecule has 3 aromatic rings. The Morgan fingerprint density at radius 1 is 1.18 bits per heavy atom. The van der Waals surface area contributed by atoms with E-state index < -0.39 is 24.3 Å². The van der Waals surface area contributed by atoms with Gasteiger partial charge in [0, 0.05) is 24.1 Å². The molecule has 0 aromatic carbocycles. The molecule has 4 rings (SSSR count). The third-order valence-electron chi connectivity index (χ3n) is 5.40. The van der Waals surface area contributed by atoms with E-state index in [-0.39, 0.29) is 0 Å². The quantitative estimate of drug-likeness (QED) is 0.507. The maximum absolute atomic E-state index is 11.9. The van der Waals surface area contributed by atoms with Crippen LogP contribution in [0.5, 0.6) is 0 Å². The molecular weight excluding hydrogens is 359 g/mol. The zero-order valence-corrected chi connectivity index (χ0v) is 16.7. The molecule has 0 atom stereocenters. The number of carbonyl (C=O) groups excluding carboxylic acids is 1. The maximum Gasteiger partial charge on any atom is 0.498 e. The highest BCUT2D eigenvalue weighted by Crippen LogP contribution is 2.36. The second-order valence-corrected chi connectivity index (χ2v) is 7.80. The summed E-state index contributed by atoms with van der Waals surface area (Å²) in [4.78, 5) is 11.9. The number of nitrogens with zero attached hydrogens (tertiary/aromatic N) is 4. The number of hydrogen-bond acceptors (Lipinski definition) is 6. The van der Waals surface area contributed by atoms with Gasteiger partial charge in [-0.05, 0) is 46.8 Å². The molecule has 9 heteroatoms. The van der Waals surface area contributed by atoms with Crippen LogP contribution < -0.4 is 5.46 Å². The molecule has 0 bridgehead atoms. The molecule has 0 aliphatic carbocycles. The van der Waals surface area contributed by atoms with Crippen molar-refractivity contribution in [2.45, 2.75) is 45.8 Å². The minimum Gasteiger partial charge on any atom is -0.462 e. The summed E-state index contributed by atoms with van der Waals surface area (Å²) in [5.41, 5.74) is 2.03. The molecule has 1 saturated heterocycles. The zero-order valence-electron chi connectivity index (χ0n) is 16.7. The van der Waals surface area contributed by atoms with Crippen LogP contribution in [0.4, 0.5) is 0 Å². The van der Waals surface area contributed by atoms with E-state index in [1.165, 1.54) is 6.20 Å². The van der Waals surface area contributed by atoms with Crippen molar-refractivity contribution >= 4 is 24.1 Å². The first-order valence-corrected chi connectivity index (χ1v) is 9.27. The van der Waals surface area contributed by atoms with Crippen LogP contribution in [0.2, 0.25) is 0 Å². The predicted octanol–water partition coefficient (Wildman–Crippen LogP) is 2.00. The van der Waals surface area contributed by atoms with Crippen molar-refractivity contribution in [2.75, 3.05) is 6.61 Å². The molecule has 8 nitrogen and oxygen atoms in total. The van der Waals surface area contributed by atoms with Gasteiger partial charge in [-0.15, -0.1) is 0 Å². The Bertz CT molecular complexity index is 1020. The third kappa shape index (κ3) is 3.00. The lowest BCUT2D eigenvalue weighted by Gasteiger charge is -2.32. The average molecular weight is 382 g/mol. The van der Waals surface area contributed by atoms with Gasteiger partial charge < -0.3 is 14.0 Å². The van der Waals surface area contributed by atoms with Gasteiger partial charge in [0.2, 0.25) is 0 Å². The smallest absolute Gasteiger partial charge is 0.462 e. The molecule has 3 aromatic heterocycles. The lowest BCUT2D eigenvalue weighted by atomic mass is 9.80. The van der Waals surface area contributed by atoms with Crippen molar-refractivity contribution in [2.24, 2.45) is 0 Å². The van der Waals surface area contributed by atoms with Crippen molar-refractivity contribution in [3.63, 3.8) is 0 Å². The summed E-state index contributed by atoms with van der Waals surface area (Å²) in [7, 11) is -0.509. The Balaban J connectivity index is 1.69. The topological polar surface area (TPSA) is 79.9 Å². The highest BCUT2D eigenvalue weighted by atomic mass is 16.7. The first-order chi connectivity index (χ1) is 13.2. The summed E-state index contributed by atoms with van der Waals surface area (Å²) >= 11 is 0. The van der Waals surface area contributed by atoms with E-state index in [0.717, 1.165) is 16.7 Å². The van der Waals surface area contributed by atoms with Gasteiger partial charge in [-0.1, -0.05) is 0 Å². The molecule has 146 valence electrons. The number of carbonyl (C=O) groups is 1. The van der Waals surface area contributed by atoms with Gasteiger partial charge in [0.1, 0.15) is 0 Å². The number of hydrogen-bond donors (Lipinski definition) is 0. The van der Waals surface area contributed by atoms with Crippen LogP contribution in [0.1, 0.15) is 45.0 Å². The third-order valence-corrected chi connectivity index (χ3v) is 5.40. The molecule has 0 spiro atoms. The molecule has 0 amide bonds. The Hall–Kier alpha value is -2.65. The molecule has 1 aliphatic heterocycles. The number of fused-ring (bicyclic) bond motifs is 1. The van der Waals surface area contributed by atoms with Crippen LogP contribution in [0, 0.1) is 0 Å². The van der Waals surface area contributed by atoms with Gasteiger partial charge in [-0.2, -0.15) is 10.2 Å². The molecule has 0 unspecified atom stereocenters. The minimum atomic E-state index is -0.509. The molecule has 1 aliphatic rings. The standard InChI is InChI=1S/C19H23BN4O4/c1-6-26-17(25)13-10-21-24(12-13)14-7-8-23-16(9-14)15(11-22-23)20-27-18(2,3)19(4,5)28-20/h7-12H,6H2,1-5H3. The Morgan fingerprint density at radius 2 is 1.89 bits per heavy atom. The van der Waals surface area contributed by atoms with Crippen LogP contribution in [0.25, 0.3) is 11.2 Å². The number of pyridine rings is 1. The van der Waals surface area contributed by atoms with Crippen molar-refractivity contribution < 1.29 is 18.8 Å². The first-order valence-electron chi connectivity index (χ1n) is 9.27. The van der Waals surface area contributed by atoms with E-state index in [9.17, 15) is 4.79 Å². The van der Waals surface area contributed by atoms with E-state index in [1.807, 2.05) is 46.0 Å². The highest BCUT2D eigenvalue weighted by Gasteiger charge is 2.52. The van der Waals surface area contributed by atoms with Crippen LogP contribution in [-0.2, 0) is 14.0 Å². The second-order valence-electron chi connectivity index (χ2n) is 7.80. The second kappa shape index (κ2) is 6.46. The Morgan fingerprint density at radius 3 is 2.57 bits per heavy atom. The largest absolute Gasteiger partial charge is 0.498 e. The van der Waals surface area contributed by atoms with E-state index in [0.29, 0.717) is 12.2 Å². The highest BCUT2D eigenvalue weighted by molar-refractivity contribution is 6.64. The average Bonchev–Trinajstić information content (AvgIpc) is 3.31. The summed E-state index contributed by atoms with van der Waals surface area (Å²) in [6.45, 7) is 10.2. The van der Waals surface area contributed by atoms with Crippen LogP contribution in [-0.4, -0.2) is 50.3 Å².